The highest BCUT2D eigenvalue weighted by Gasteiger charge is 2.13. The summed E-state index contributed by atoms with van der Waals surface area (Å²) in [6.07, 6.45) is 0. The number of carbonyl (C=O) groups excluding carboxylic acids is 1. The summed E-state index contributed by atoms with van der Waals surface area (Å²) in [4.78, 5) is 14.7. The first-order chi connectivity index (χ1) is 8.22. The van der Waals surface area contributed by atoms with Crippen LogP contribution in [0.5, 0.6) is 0 Å². The zero-order chi connectivity index (χ0) is 12.3. The van der Waals surface area contributed by atoms with E-state index in [1.165, 1.54) is 0 Å². The number of hydrogen-bond acceptors (Lipinski definition) is 3. The van der Waals surface area contributed by atoms with Crippen molar-refractivity contribution in [3.63, 3.8) is 0 Å². The first-order valence-corrected chi connectivity index (χ1v) is 6.42. The van der Waals surface area contributed by atoms with Crippen molar-refractivity contribution in [2.75, 3.05) is 27.2 Å². The molecule has 0 saturated heterocycles. The summed E-state index contributed by atoms with van der Waals surface area (Å²) >= 11 is 1.56. The van der Waals surface area contributed by atoms with E-state index >= 15 is 0 Å². The minimum absolute atomic E-state index is 0. The van der Waals surface area contributed by atoms with E-state index in [1.54, 1.807) is 16.2 Å². The van der Waals surface area contributed by atoms with Crippen LogP contribution in [0.1, 0.15) is 9.67 Å². The minimum atomic E-state index is 0. The Morgan fingerprint density at radius 1 is 1.39 bits per heavy atom. The van der Waals surface area contributed by atoms with E-state index in [9.17, 15) is 4.79 Å². The zero-order valence-corrected chi connectivity index (χ0v) is 12.1. The summed E-state index contributed by atoms with van der Waals surface area (Å²) in [5.74, 6) is 0.0986. The first kappa shape index (κ1) is 15.0. The molecule has 1 aromatic heterocycles. The van der Waals surface area contributed by atoms with Crippen LogP contribution in [-0.2, 0) is 0 Å². The fraction of sp³-hybridized carbons (Fsp3) is 0.308. The Labute approximate surface area is 117 Å². The molecule has 0 fully saturated rings. The molecule has 98 valence electrons. The van der Waals surface area contributed by atoms with Gasteiger partial charge >= 0.3 is 0 Å². The van der Waals surface area contributed by atoms with Crippen LogP contribution in [0.3, 0.4) is 0 Å². The Bertz CT molecular complexity index is 493. The molecule has 0 atom stereocenters. The summed E-state index contributed by atoms with van der Waals surface area (Å²) < 4.78 is 1.16. The number of nitrogens with one attached hydrogen (secondary N) is 1. The lowest BCUT2D eigenvalue weighted by molar-refractivity contribution is 0.0801. The Morgan fingerprint density at radius 3 is 2.78 bits per heavy atom. The molecule has 0 aliphatic carbocycles. The average Bonchev–Trinajstić information content (AvgIpc) is 2.78. The highest BCUT2D eigenvalue weighted by atomic mass is 35.5. The lowest BCUT2D eigenvalue weighted by Crippen LogP contribution is -2.32. The molecular formula is C13H17ClN2OS. The van der Waals surface area contributed by atoms with E-state index < -0.39 is 0 Å². The highest BCUT2D eigenvalue weighted by molar-refractivity contribution is 7.20. The molecule has 1 aromatic carbocycles. The number of carbonyl (C=O) groups is 1. The molecule has 18 heavy (non-hydrogen) atoms. The van der Waals surface area contributed by atoms with E-state index in [0.717, 1.165) is 28.1 Å². The van der Waals surface area contributed by atoms with Crippen LogP contribution in [-0.4, -0.2) is 38.0 Å². The van der Waals surface area contributed by atoms with Crippen molar-refractivity contribution >= 4 is 39.7 Å². The maximum atomic E-state index is 12.1. The van der Waals surface area contributed by atoms with Crippen LogP contribution in [0, 0.1) is 0 Å². The fourth-order valence-electron chi connectivity index (χ4n) is 1.66. The van der Waals surface area contributed by atoms with E-state index in [0.29, 0.717) is 0 Å². The second kappa shape index (κ2) is 6.73. The number of nitrogens with zero attached hydrogens (tertiary/aromatic N) is 1. The SMILES string of the molecule is CNCCN(C)C(=O)c1cc2ccccc2s1.Cl. The highest BCUT2D eigenvalue weighted by Crippen LogP contribution is 2.25. The van der Waals surface area contributed by atoms with Crippen LogP contribution in [0.4, 0.5) is 0 Å². The van der Waals surface area contributed by atoms with Gasteiger partial charge in [0.05, 0.1) is 4.88 Å². The maximum Gasteiger partial charge on any atom is 0.263 e. The molecule has 1 heterocycles. The first-order valence-electron chi connectivity index (χ1n) is 5.61. The van der Waals surface area contributed by atoms with Crippen molar-refractivity contribution < 1.29 is 4.79 Å². The van der Waals surface area contributed by atoms with Crippen LogP contribution in [0.25, 0.3) is 10.1 Å². The van der Waals surface area contributed by atoms with Gasteiger partial charge in [0.1, 0.15) is 0 Å². The van der Waals surface area contributed by atoms with Gasteiger partial charge in [-0.25, -0.2) is 0 Å². The fourth-order valence-corrected chi connectivity index (χ4v) is 2.71. The van der Waals surface area contributed by atoms with Gasteiger partial charge in [0.25, 0.3) is 5.91 Å². The number of likely N-dealkylation sites (N-methyl/N-ethyl adjacent to an activating group) is 2. The molecule has 0 unspecified atom stereocenters. The molecule has 0 radical (unpaired) electrons. The Morgan fingerprint density at radius 2 is 2.11 bits per heavy atom. The molecule has 0 bridgehead atoms. The third-order valence-electron chi connectivity index (χ3n) is 2.68. The van der Waals surface area contributed by atoms with Crippen molar-refractivity contribution in [3.8, 4) is 0 Å². The van der Waals surface area contributed by atoms with Gasteiger partial charge in [-0.2, -0.15) is 0 Å². The van der Waals surface area contributed by atoms with E-state index in [4.69, 9.17) is 0 Å². The quantitative estimate of drug-likeness (QED) is 0.936. The molecule has 0 aliphatic rings. The number of thiophene rings is 1. The lowest BCUT2D eigenvalue weighted by Gasteiger charge is -2.15. The lowest BCUT2D eigenvalue weighted by atomic mass is 10.2. The maximum absolute atomic E-state index is 12.1. The molecule has 2 rings (SSSR count). The summed E-state index contributed by atoms with van der Waals surface area (Å²) in [5, 5.41) is 4.18. The summed E-state index contributed by atoms with van der Waals surface area (Å²) in [5.41, 5.74) is 0. The molecule has 0 spiro atoms. The molecule has 1 N–H and O–H groups in total. The number of rotatable bonds is 4. The molecule has 0 saturated carbocycles. The molecular weight excluding hydrogens is 268 g/mol. The average molecular weight is 285 g/mol. The topological polar surface area (TPSA) is 32.3 Å². The van der Waals surface area contributed by atoms with Crippen molar-refractivity contribution in [1.29, 1.82) is 0 Å². The molecule has 5 heteroatoms. The van der Waals surface area contributed by atoms with Gasteiger partial charge in [-0.3, -0.25) is 4.79 Å². The molecule has 0 aliphatic heterocycles. The van der Waals surface area contributed by atoms with Gasteiger partial charge in [-0.15, -0.1) is 23.7 Å². The van der Waals surface area contributed by atoms with Crippen molar-refractivity contribution in [3.05, 3.63) is 35.2 Å². The normalized spacial score (nSPS) is 10.1. The predicted octanol–water partition coefficient (Wildman–Crippen LogP) is 2.61. The van der Waals surface area contributed by atoms with Gasteiger partial charge in [-0.05, 0) is 24.6 Å². The smallest absolute Gasteiger partial charge is 0.263 e. The van der Waals surface area contributed by atoms with Crippen molar-refractivity contribution in [2.45, 2.75) is 0 Å². The number of amides is 1. The van der Waals surface area contributed by atoms with E-state index in [2.05, 4.69) is 5.32 Å². The van der Waals surface area contributed by atoms with Crippen molar-refractivity contribution in [2.24, 2.45) is 0 Å². The number of hydrogen-bond donors (Lipinski definition) is 1. The Kier molecular flexibility index (Phi) is 5.59. The standard InChI is InChI=1S/C13H16N2OS.ClH/c1-14-7-8-15(2)13(16)12-9-10-5-3-4-6-11(10)17-12;/h3-6,9,14H,7-8H2,1-2H3;1H. The van der Waals surface area contributed by atoms with Gasteiger partial charge in [0, 0.05) is 24.8 Å². The van der Waals surface area contributed by atoms with Crippen LogP contribution in [0.15, 0.2) is 30.3 Å². The van der Waals surface area contributed by atoms with E-state index in [1.807, 2.05) is 44.4 Å². The third kappa shape index (κ3) is 3.22. The largest absolute Gasteiger partial charge is 0.340 e. The van der Waals surface area contributed by atoms with Gasteiger partial charge in [0.2, 0.25) is 0 Å². The summed E-state index contributed by atoms with van der Waals surface area (Å²) in [7, 11) is 3.72. The summed E-state index contributed by atoms with van der Waals surface area (Å²) in [6, 6.07) is 10.0. The van der Waals surface area contributed by atoms with E-state index in [-0.39, 0.29) is 18.3 Å². The molecule has 2 aromatic rings. The van der Waals surface area contributed by atoms with Gasteiger partial charge < -0.3 is 10.2 Å². The number of halogens is 1. The number of fused-ring (bicyclic) bond motifs is 1. The van der Waals surface area contributed by atoms with Crippen LogP contribution < -0.4 is 5.32 Å². The predicted molar refractivity (Wildman–Crippen MR) is 80.0 cm³/mol. The minimum Gasteiger partial charge on any atom is -0.340 e. The second-order valence-corrected chi connectivity index (χ2v) is 5.06. The van der Waals surface area contributed by atoms with Crippen LogP contribution in [0.2, 0.25) is 0 Å². The summed E-state index contributed by atoms with van der Waals surface area (Å²) in [6.45, 7) is 1.54. The van der Waals surface area contributed by atoms with Gasteiger partial charge in [0.15, 0.2) is 0 Å². The molecule has 1 amide bonds. The van der Waals surface area contributed by atoms with Gasteiger partial charge in [-0.1, -0.05) is 18.2 Å². The number of benzene rings is 1. The monoisotopic (exact) mass is 284 g/mol. The second-order valence-electron chi connectivity index (χ2n) is 3.98. The van der Waals surface area contributed by atoms with Crippen LogP contribution >= 0.6 is 23.7 Å². The molecule has 3 nitrogen and oxygen atoms in total. The Hall–Kier alpha value is -1.10. The Balaban J connectivity index is 0.00000162. The van der Waals surface area contributed by atoms with Crippen molar-refractivity contribution in [1.82, 2.24) is 10.2 Å². The third-order valence-corrected chi connectivity index (χ3v) is 3.78. The zero-order valence-electron chi connectivity index (χ0n) is 10.5.